The maximum Gasteiger partial charge on any atom is 0.198 e. The van der Waals surface area contributed by atoms with Crippen molar-refractivity contribution < 1.29 is 13.6 Å². The standard InChI is InChI=1S/C16H11F2NO/c1-9-3-2-4-12(15(9)18)16(20)13-8-19-14-7-10(17)5-6-11(13)14/h2-8,19H,1H3. The van der Waals surface area contributed by atoms with Crippen LogP contribution >= 0.6 is 0 Å². The molecule has 0 aliphatic rings. The molecule has 100 valence electrons. The number of ketones is 1. The number of hydrogen-bond acceptors (Lipinski definition) is 1. The van der Waals surface area contributed by atoms with Crippen LogP contribution in [0.15, 0.2) is 42.6 Å². The zero-order valence-electron chi connectivity index (χ0n) is 10.7. The van der Waals surface area contributed by atoms with Gasteiger partial charge < -0.3 is 4.98 Å². The number of H-pyrrole nitrogens is 1. The highest BCUT2D eigenvalue weighted by molar-refractivity contribution is 6.16. The van der Waals surface area contributed by atoms with Gasteiger partial charge >= 0.3 is 0 Å². The fraction of sp³-hybridized carbons (Fsp3) is 0.0625. The van der Waals surface area contributed by atoms with Crippen molar-refractivity contribution in [2.45, 2.75) is 6.92 Å². The molecule has 0 bridgehead atoms. The monoisotopic (exact) mass is 271 g/mol. The van der Waals surface area contributed by atoms with Crippen LogP contribution < -0.4 is 0 Å². The van der Waals surface area contributed by atoms with Gasteiger partial charge in [0.15, 0.2) is 5.78 Å². The van der Waals surface area contributed by atoms with E-state index in [1.54, 1.807) is 19.1 Å². The minimum atomic E-state index is -0.519. The number of halogens is 2. The molecule has 0 atom stereocenters. The molecule has 0 fully saturated rings. The van der Waals surface area contributed by atoms with Crippen LogP contribution in [0.2, 0.25) is 0 Å². The summed E-state index contributed by atoms with van der Waals surface area (Å²) >= 11 is 0. The molecule has 0 amide bonds. The lowest BCUT2D eigenvalue weighted by Crippen LogP contribution is -2.04. The van der Waals surface area contributed by atoms with E-state index >= 15 is 0 Å². The van der Waals surface area contributed by atoms with E-state index in [4.69, 9.17) is 0 Å². The average Bonchev–Trinajstić information content (AvgIpc) is 2.84. The Kier molecular flexibility index (Phi) is 2.86. The Bertz CT molecular complexity index is 820. The van der Waals surface area contributed by atoms with Crippen molar-refractivity contribution in [1.29, 1.82) is 0 Å². The second kappa shape index (κ2) is 4.56. The van der Waals surface area contributed by atoms with Crippen LogP contribution in [0.25, 0.3) is 10.9 Å². The Labute approximate surface area is 114 Å². The van der Waals surface area contributed by atoms with E-state index in [2.05, 4.69) is 4.98 Å². The highest BCUT2D eigenvalue weighted by Crippen LogP contribution is 2.23. The summed E-state index contributed by atoms with van der Waals surface area (Å²) in [5.41, 5.74) is 1.29. The van der Waals surface area contributed by atoms with Gasteiger partial charge in [-0.25, -0.2) is 8.78 Å². The number of nitrogens with one attached hydrogen (secondary N) is 1. The van der Waals surface area contributed by atoms with Gasteiger partial charge in [-0.05, 0) is 36.8 Å². The lowest BCUT2D eigenvalue weighted by Gasteiger charge is -2.04. The Hall–Kier alpha value is -2.49. The fourth-order valence-corrected chi connectivity index (χ4v) is 2.25. The first-order valence-electron chi connectivity index (χ1n) is 6.14. The number of rotatable bonds is 2. The summed E-state index contributed by atoms with van der Waals surface area (Å²) in [4.78, 5) is 15.3. The van der Waals surface area contributed by atoms with Gasteiger partial charge in [0.1, 0.15) is 11.6 Å². The minimum absolute atomic E-state index is 0.0234. The number of carbonyl (C=O) groups excluding carboxylic acids is 1. The van der Waals surface area contributed by atoms with Crippen LogP contribution in [0, 0.1) is 18.6 Å². The molecule has 3 rings (SSSR count). The van der Waals surface area contributed by atoms with Gasteiger partial charge in [0.25, 0.3) is 0 Å². The number of hydrogen-bond donors (Lipinski definition) is 1. The smallest absolute Gasteiger partial charge is 0.198 e. The van der Waals surface area contributed by atoms with Crippen LogP contribution in [-0.4, -0.2) is 10.8 Å². The molecule has 1 aromatic heterocycles. The molecule has 20 heavy (non-hydrogen) atoms. The highest BCUT2D eigenvalue weighted by Gasteiger charge is 2.18. The molecular weight excluding hydrogens is 260 g/mol. The topological polar surface area (TPSA) is 32.9 Å². The summed E-state index contributed by atoms with van der Waals surface area (Å²) in [5.74, 6) is -1.32. The number of aromatic nitrogens is 1. The summed E-state index contributed by atoms with van der Waals surface area (Å²) in [7, 11) is 0. The van der Waals surface area contributed by atoms with Crippen LogP contribution in [0.3, 0.4) is 0 Å². The average molecular weight is 271 g/mol. The van der Waals surface area contributed by atoms with Gasteiger partial charge in [-0.15, -0.1) is 0 Å². The fourth-order valence-electron chi connectivity index (χ4n) is 2.25. The van der Waals surface area contributed by atoms with Gasteiger partial charge in [-0.1, -0.05) is 12.1 Å². The number of benzene rings is 2. The van der Waals surface area contributed by atoms with Crippen LogP contribution in [0.1, 0.15) is 21.5 Å². The van der Waals surface area contributed by atoms with Crippen LogP contribution in [-0.2, 0) is 0 Å². The first kappa shape index (κ1) is 12.5. The number of fused-ring (bicyclic) bond motifs is 1. The molecule has 1 heterocycles. The van der Waals surface area contributed by atoms with E-state index < -0.39 is 11.6 Å². The zero-order chi connectivity index (χ0) is 14.3. The summed E-state index contributed by atoms with van der Waals surface area (Å²) in [6.45, 7) is 1.61. The second-order valence-electron chi connectivity index (χ2n) is 4.66. The molecule has 4 heteroatoms. The largest absolute Gasteiger partial charge is 0.360 e. The zero-order valence-corrected chi connectivity index (χ0v) is 10.7. The van der Waals surface area contributed by atoms with E-state index in [1.807, 2.05) is 0 Å². The number of aromatic amines is 1. The SMILES string of the molecule is Cc1cccc(C(=O)c2c[nH]c3cc(F)ccc23)c1F. The molecule has 1 N–H and O–H groups in total. The van der Waals surface area contributed by atoms with Crippen molar-refractivity contribution in [1.82, 2.24) is 4.98 Å². The predicted molar refractivity (Wildman–Crippen MR) is 72.8 cm³/mol. The highest BCUT2D eigenvalue weighted by atomic mass is 19.1. The molecule has 3 aromatic rings. The first-order valence-corrected chi connectivity index (χ1v) is 6.14. The molecule has 0 radical (unpaired) electrons. The van der Waals surface area contributed by atoms with E-state index in [9.17, 15) is 13.6 Å². The Morgan fingerprint density at radius 2 is 1.90 bits per heavy atom. The van der Waals surface area contributed by atoms with Gasteiger partial charge in [-0.3, -0.25) is 4.79 Å². The van der Waals surface area contributed by atoms with Crippen molar-refractivity contribution in [2.75, 3.05) is 0 Å². The third-order valence-electron chi connectivity index (χ3n) is 3.32. The van der Waals surface area contributed by atoms with Gasteiger partial charge in [0.05, 0.1) is 5.56 Å². The van der Waals surface area contributed by atoms with Crippen LogP contribution in [0.4, 0.5) is 8.78 Å². The molecule has 2 aromatic carbocycles. The quantitative estimate of drug-likeness (QED) is 0.702. The molecular formula is C16H11F2NO. The lowest BCUT2D eigenvalue weighted by molar-refractivity contribution is 0.103. The van der Waals surface area contributed by atoms with Crippen molar-refractivity contribution in [3.8, 4) is 0 Å². The molecule has 0 aliphatic carbocycles. The van der Waals surface area contributed by atoms with Gasteiger partial charge in [0, 0.05) is 22.7 Å². The number of carbonyl (C=O) groups is 1. The molecule has 0 saturated heterocycles. The molecule has 0 spiro atoms. The maximum atomic E-state index is 14.0. The maximum absolute atomic E-state index is 14.0. The molecule has 0 saturated carbocycles. The summed E-state index contributed by atoms with van der Waals surface area (Å²) in [5, 5.41) is 0.581. The van der Waals surface area contributed by atoms with Crippen molar-refractivity contribution in [2.24, 2.45) is 0 Å². The summed E-state index contributed by atoms with van der Waals surface area (Å²) < 4.78 is 27.1. The third-order valence-corrected chi connectivity index (χ3v) is 3.32. The molecule has 2 nitrogen and oxygen atoms in total. The Balaban J connectivity index is 2.16. The molecule has 0 aliphatic heterocycles. The van der Waals surface area contributed by atoms with Crippen molar-refractivity contribution >= 4 is 16.7 Å². The van der Waals surface area contributed by atoms with E-state index in [0.717, 1.165) is 0 Å². The minimum Gasteiger partial charge on any atom is -0.360 e. The van der Waals surface area contributed by atoms with Crippen molar-refractivity contribution in [3.63, 3.8) is 0 Å². The normalized spacial score (nSPS) is 10.9. The van der Waals surface area contributed by atoms with E-state index in [0.29, 0.717) is 22.0 Å². The number of aryl methyl sites for hydroxylation is 1. The Morgan fingerprint density at radius 3 is 2.70 bits per heavy atom. The summed E-state index contributed by atoms with van der Waals surface area (Å²) in [6.07, 6.45) is 1.48. The second-order valence-corrected chi connectivity index (χ2v) is 4.66. The molecule has 0 unspecified atom stereocenters. The van der Waals surface area contributed by atoms with Crippen molar-refractivity contribution in [3.05, 3.63) is 70.9 Å². The lowest BCUT2D eigenvalue weighted by atomic mass is 10.0. The van der Waals surface area contributed by atoms with Gasteiger partial charge in [0.2, 0.25) is 0 Å². The van der Waals surface area contributed by atoms with E-state index in [1.165, 1.54) is 30.5 Å². The first-order chi connectivity index (χ1) is 9.58. The third kappa shape index (κ3) is 1.90. The predicted octanol–water partition coefficient (Wildman–Crippen LogP) is 3.99. The van der Waals surface area contributed by atoms with E-state index in [-0.39, 0.29) is 11.4 Å². The van der Waals surface area contributed by atoms with Gasteiger partial charge in [-0.2, -0.15) is 0 Å². The Morgan fingerprint density at radius 1 is 1.10 bits per heavy atom. The van der Waals surface area contributed by atoms with Crippen LogP contribution in [0.5, 0.6) is 0 Å². The summed E-state index contributed by atoms with van der Waals surface area (Å²) in [6, 6.07) is 8.80.